The summed E-state index contributed by atoms with van der Waals surface area (Å²) in [5, 5.41) is 20.2. The molecule has 0 saturated carbocycles. The summed E-state index contributed by atoms with van der Waals surface area (Å²) in [7, 11) is 0.347. The summed E-state index contributed by atoms with van der Waals surface area (Å²) < 4.78 is 47.1. The number of benzene rings is 1. The lowest BCUT2D eigenvalue weighted by atomic mass is 9.79. The predicted octanol–water partition coefficient (Wildman–Crippen LogP) is 2.20. The van der Waals surface area contributed by atoms with Gasteiger partial charge in [-0.05, 0) is 86.6 Å². The fourth-order valence-electron chi connectivity index (χ4n) is 5.07. The van der Waals surface area contributed by atoms with E-state index in [-0.39, 0.29) is 22.4 Å². The van der Waals surface area contributed by atoms with E-state index in [1.807, 2.05) is 24.6 Å². The fraction of sp³-hybridized carbons (Fsp3) is 0.440. The monoisotopic (exact) mass is 454 g/mol. The van der Waals surface area contributed by atoms with Gasteiger partial charge in [-0.2, -0.15) is 0 Å². The van der Waals surface area contributed by atoms with Crippen molar-refractivity contribution in [3.05, 3.63) is 58.9 Å². The number of likely N-dealkylation sites (tertiary alicyclic amines) is 1. The molecule has 2 aromatic heterocycles. The van der Waals surface area contributed by atoms with Gasteiger partial charge < -0.3 is 19.5 Å². The van der Waals surface area contributed by atoms with Crippen LogP contribution in [0.15, 0.2) is 36.5 Å². The van der Waals surface area contributed by atoms with Crippen molar-refractivity contribution >= 4 is 29.5 Å². The van der Waals surface area contributed by atoms with Crippen LogP contribution in [-0.2, 0) is 7.05 Å². The molecule has 1 saturated heterocycles. The summed E-state index contributed by atoms with van der Waals surface area (Å²) in [6.45, 7) is -0.552. The van der Waals surface area contributed by atoms with Gasteiger partial charge >= 0.3 is 7.12 Å². The van der Waals surface area contributed by atoms with Gasteiger partial charge in [-0.3, -0.25) is 9.69 Å². The number of aryl methyl sites for hydroxylation is 2. The number of nitrogens with zero attached hydrogens (tertiary/aromatic N) is 4. The van der Waals surface area contributed by atoms with Crippen molar-refractivity contribution in [3.8, 4) is 0 Å². The normalized spacial score (nSPS) is 19.7. The molecule has 0 spiro atoms. The molecule has 33 heavy (non-hydrogen) atoms. The Hall–Kier alpha value is -2.68. The summed E-state index contributed by atoms with van der Waals surface area (Å²) in [6.07, 6.45) is 3.32. The van der Waals surface area contributed by atoms with E-state index in [1.54, 1.807) is 24.4 Å². The highest BCUT2D eigenvalue weighted by molar-refractivity contribution is 6.61. The van der Waals surface area contributed by atoms with Crippen LogP contribution < -0.4 is 5.46 Å². The topological polar surface area (TPSA) is 81.8 Å². The molecule has 0 bridgehead atoms. The van der Waals surface area contributed by atoms with E-state index in [0.717, 1.165) is 42.8 Å². The van der Waals surface area contributed by atoms with Crippen molar-refractivity contribution in [3.63, 3.8) is 0 Å². The summed E-state index contributed by atoms with van der Waals surface area (Å²) in [5.41, 5.74) is 4.05. The lowest BCUT2D eigenvalue weighted by Crippen LogP contribution is -2.35. The molecule has 1 atom stereocenters. The van der Waals surface area contributed by atoms with Crippen molar-refractivity contribution in [2.75, 3.05) is 27.0 Å². The summed E-state index contributed by atoms with van der Waals surface area (Å²) in [6, 6.07) is 8.54. The van der Waals surface area contributed by atoms with Crippen LogP contribution in [0.2, 0.25) is 0 Å². The summed E-state index contributed by atoms with van der Waals surface area (Å²) in [4.78, 5) is 19.6. The number of fused-ring (bicyclic) bond motifs is 1. The molecule has 2 N–H and O–H groups in total. The first kappa shape index (κ1) is 16.9. The zero-order valence-electron chi connectivity index (χ0n) is 25.1. The second kappa shape index (κ2) is 9.29. The van der Waals surface area contributed by atoms with E-state index in [9.17, 15) is 14.8 Å². The molecule has 1 unspecified atom stereocenters. The Kier molecular flexibility index (Phi) is 4.75. The van der Waals surface area contributed by atoms with Gasteiger partial charge in [0.05, 0.1) is 0 Å². The number of aromatic nitrogens is 2. The van der Waals surface area contributed by atoms with Gasteiger partial charge in [0.25, 0.3) is 5.91 Å². The van der Waals surface area contributed by atoms with Gasteiger partial charge in [-0.15, -0.1) is 0 Å². The van der Waals surface area contributed by atoms with Crippen LogP contribution in [0.25, 0.3) is 11.0 Å². The minimum absolute atomic E-state index is 0.0128. The van der Waals surface area contributed by atoms with Gasteiger partial charge in [0.2, 0.25) is 0 Å². The van der Waals surface area contributed by atoms with Crippen LogP contribution in [-0.4, -0.2) is 69.5 Å². The van der Waals surface area contributed by atoms with Crippen molar-refractivity contribution in [1.29, 1.82) is 0 Å². The molecule has 1 aliphatic heterocycles. The van der Waals surface area contributed by atoms with Gasteiger partial charge in [0.15, 0.2) is 0 Å². The molecule has 7 nitrogen and oxygen atoms in total. The predicted molar refractivity (Wildman–Crippen MR) is 132 cm³/mol. The van der Waals surface area contributed by atoms with E-state index in [0.29, 0.717) is 16.5 Å². The van der Waals surface area contributed by atoms with Crippen LogP contribution in [0, 0.1) is 6.92 Å². The van der Waals surface area contributed by atoms with E-state index in [1.165, 1.54) is 6.07 Å². The maximum atomic E-state index is 12.8. The lowest BCUT2D eigenvalue weighted by Gasteiger charge is -2.37. The van der Waals surface area contributed by atoms with Crippen molar-refractivity contribution in [1.82, 2.24) is 19.4 Å². The number of hydrogen-bond donors (Lipinski definition) is 2. The number of hydrogen-bond acceptors (Lipinski definition) is 5. The molecular weight excluding hydrogens is 415 g/mol. The molecule has 3 aromatic rings. The Labute approximate surface area is 204 Å². The number of rotatable bonds is 5. The Morgan fingerprint density at radius 3 is 2.61 bits per heavy atom. The third-order valence-corrected chi connectivity index (χ3v) is 6.94. The average molecular weight is 454 g/mol. The molecule has 0 radical (unpaired) electrons. The molecule has 174 valence electrons. The number of carbonyl (C=O) groups excluding carboxylic acids is 1. The minimum Gasteiger partial charge on any atom is -0.423 e. The van der Waals surface area contributed by atoms with E-state index in [2.05, 4.69) is 16.8 Å². The van der Waals surface area contributed by atoms with E-state index in [4.69, 9.17) is 8.22 Å². The molecule has 1 amide bonds. The molecular formula is C25H33BN4O3. The fourth-order valence-corrected chi connectivity index (χ4v) is 5.07. The van der Waals surface area contributed by atoms with Crippen LogP contribution in [0.3, 0.4) is 0 Å². The molecule has 4 rings (SSSR count). The van der Waals surface area contributed by atoms with E-state index < -0.39 is 27.0 Å². The Morgan fingerprint density at radius 1 is 1.24 bits per heavy atom. The maximum Gasteiger partial charge on any atom is 0.489 e. The largest absolute Gasteiger partial charge is 0.489 e. The standard InChI is InChI=1S/C25H33BN4O3/c1-16-14-19(25(31)28(3)4)6-7-20(16)18-9-12-30(13-10-18)17(2)23-15-21-22(26(32)33)8-11-27-24(21)29(23)5/h6-8,11,14-15,17-18,32-33H,9-10,12-13H2,1-5H3/i3D3,4D3. The zero-order valence-corrected chi connectivity index (χ0v) is 19.1. The highest BCUT2D eigenvalue weighted by Gasteiger charge is 2.28. The second-order valence-corrected chi connectivity index (χ2v) is 8.84. The first-order valence-corrected chi connectivity index (χ1v) is 11.1. The van der Waals surface area contributed by atoms with Crippen LogP contribution >= 0.6 is 0 Å². The number of pyridine rings is 1. The van der Waals surface area contributed by atoms with E-state index >= 15 is 0 Å². The van der Waals surface area contributed by atoms with Gasteiger partial charge in [-0.25, -0.2) is 4.98 Å². The molecule has 0 aliphatic carbocycles. The summed E-state index contributed by atoms with van der Waals surface area (Å²) >= 11 is 0. The lowest BCUT2D eigenvalue weighted by molar-refractivity contribution is 0.0827. The van der Waals surface area contributed by atoms with Crippen molar-refractivity contribution in [2.24, 2.45) is 7.05 Å². The average Bonchev–Trinajstić information content (AvgIpc) is 3.18. The smallest absolute Gasteiger partial charge is 0.423 e. The quantitative estimate of drug-likeness (QED) is 0.578. The second-order valence-electron chi connectivity index (χ2n) is 8.84. The van der Waals surface area contributed by atoms with Gasteiger partial charge in [0, 0.05) is 58.1 Å². The maximum absolute atomic E-state index is 12.8. The zero-order chi connectivity index (χ0) is 28.9. The van der Waals surface area contributed by atoms with Crippen LogP contribution in [0.1, 0.15) is 67.1 Å². The SMILES string of the molecule is [2H]C([2H])([2H])N(C(=O)c1ccc(C2CCN(C(C)c3cc4c(B(O)O)ccnc4n3C)CC2)c(C)c1)C([2H])([2H])[2H]. The van der Waals surface area contributed by atoms with Crippen molar-refractivity contribution < 1.29 is 23.1 Å². The first-order valence-electron chi connectivity index (χ1n) is 14.1. The Bertz CT molecular complexity index is 1350. The highest BCUT2D eigenvalue weighted by atomic mass is 16.4. The summed E-state index contributed by atoms with van der Waals surface area (Å²) in [5.74, 6) is -0.807. The third kappa shape index (κ3) is 4.43. The number of piperidine rings is 1. The van der Waals surface area contributed by atoms with Gasteiger partial charge in [0.1, 0.15) is 5.65 Å². The molecule has 1 fully saturated rings. The van der Waals surface area contributed by atoms with Crippen LogP contribution in [0.4, 0.5) is 0 Å². The van der Waals surface area contributed by atoms with Crippen molar-refractivity contribution in [2.45, 2.75) is 38.6 Å². The Balaban J connectivity index is 1.49. The van der Waals surface area contributed by atoms with Crippen LogP contribution in [0.5, 0.6) is 0 Å². The Morgan fingerprint density at radius 2 is 1.97 bits per heavy atom. The first-order chi connectivity index (χ1) is 18.1. The van der Waals surface area contributed by atoms with Gasteiger partial charge in [-0.1, -0.05) is 6.07 Å². The number of amides is 1. The number of carbonyl (C=O) groups is 1. The molecule has 1 aliphatic rings. The minimum atomic E-state index is -3.09. The molecule has 8 heteroatoms. The highest BCUT2D eigenvalue weighted by Crippen LogP contribution is 2.34. The third-order valence-electron chi connectivity index (χ3n) is 6.94. The molecule has 1 aromatic carbocycles. The molecule has 3 heterocycles.